The van der Waals surface area contributed by atoms with Gasteiger partial charge in [0, 0.05) is 38.3 Å². The average Bonchev–Trinajstić information content (AvgIpc) is 3.02. The fourth-order valence-corrected chi connectivity index (χ4v) is 2.45. The molecular formula is C12H23N3O. The maximum atomic E-state index is 11.8. The van der Waals surface area contributed by atoms with Crippen molar-refractivity contribution in [2.75, 3.05) is 26.2 Å². The molecule has 4 heteroatoms. The summed E-state index contributed by atoms with van der Waals surface area (Å²) < 4.78 is 0. The van der Waals surface area contributed by atoms with Gasteiger partial charge in [0.15, 0.2) is 0 Å². The molecule has 2 fully saturated rings. The molecule has 0 aromatic rings. The number of nitrogens with zero attached hydrogens (tertiary/aromatic N) is 2. The molecule has 16 heavy (non-hydrogen) atoms. The maximum absolute atomic E-state index is 11.8. The largest absolute Gasteiger partial charge is 0.334 e. The number of amides is 2. The van der Waals surface area contributed by atoms with E-state index in [9.17, 15) is 4.79 Å². The summed E-state index contributed by atoms with van der Waals surface area (Å²) in [6.07, 6.45) is 3.83. The van der Waals surface area contributed by atoms with Gasteiger partial charge in [0.1, 0.15) is 0 Å². The fourth-order valence-electron chi connectivity index (χ4n) is 2.45. The monoisotopic (exact) mass is 225 g/mol. The highest BCUT2D eigenvalue weighted by Crippen LogP contribution is 2.29. The van der Waals surface area contributed by atoms with Gasteiger partial charge in [-0.1, -0.05) is 0 Å². The van der Waals surface area contributed by atoms with Crippen molar-refractivity contribution in [3.8, 4) is 0 Å². The summed E-state index contributed by atoms with van der Waals surface area (Å²) in [5.41, 5.74) is 0. The van der Waals surface area contributed by atoms with Gasteiger partial charge < -0.3 is 10.2 Å². The third-order valence-electron chi connectivity index (χ3n) is 3.66. The Morgan fingerprint density at radius 1 is 1.31 bits per heavy atom. The normalized spacial score (nSPS) is 25.8. The predicted octanol–water partition coefficient (Wildman–Crippen LogP) is 1.27. The van der Waals surface area contributed by atoms with Crippen molar-refractivity contribution in [3.05, 3.63) is 0 Å². The van der Waals surface area contributed by atoms with Gasteiger partial charge in [-0.15, -0.1) is 0 Å². The smallest absolute Gasteiger partial charge is 0.317 e. The lowest BCUT2D eigenvalue weighted by atomic mass is 10.3. The third kappa shape index (κ3) is 2.67. The van der Waals surface area contributed by atoms with E-state index >= 15 is 0 Å². The van der Waals surface area contributed by atoms with Gasteiger partial charge in [-0.25, -0.2) is 4.79 Å². The summed E-state index contributed by atoms with van der Waals surface area (Å²) in [5, 5.41) is 3.14. The van der Waals surface area contributed by atoms with E-state index in [2.05, 4.69) is 10.2 Å². The maximum Gasteiger partial charge on any atom is 0.317 e. The highest BCUT2D eigenvalue weighted by Gasteiger charge is 2.34. The molecule has 2 amide bonds. The number of rotatable bonds is 4. The van der Waals surface area contributed by atoms with Crippen molar-refractivity contribution < 1.29 is 4.79 Å². The van der Waals surface area contributed by atoms with Crippen LogP contribution in [-0.4, -0.2) is 54.1 Å². The van der Waals surface area contributed by atoms with E-state index in [1.165, 1.54) is 12.8 Å². The van der Waals surface area contributed by atoms with Crippen LogP contribution in [0.25, 0.3) is 0 Å². The molecule has 2 rings (SSSR count). The van der Waals surface area contributed by atoms with Gasteiger partial charge >= 0.3 is 6.03 Å². The number of likely N-dealkylation sites (tertiary alicyclic amines) is 1. The first kappa shape index (κ1) is 11.7. The van der Waals surface area contributed by atoms with Crippen LogP contribution in [0, 0.1) is 0 Å². The van der Waals surface area contributed by atoms with Crippen LogP contribution in [0.15, 0.2) is 0 Å². The number of nitrogens with one attached hydrogen (secondary N) is 1. The highest BCUT2D eigenvalue weighted by molar-refractivity contribution is 5.74. The van der Waals surface area contributed by atoms with Crippen molar-refractivity contribution >= 4 is 6.03 Å². The summed E-state index contributed by atoms with van der Waals surface area (Å²) in [6.45, 7) is 7.84. The zero-order chi connectivity index (χ0) is 11.5. The van der Waals surface area contributed by atoms with Crippen LogP contribution >= 0.6 is 0 Å². The van der Waals surface area contributed by atoms with Gasteiger partial charge in [-0.3, -0.25) is 4.90 Å². The Balaban J connectivity index is 1.75. The lowest BCUT2D eigenvalue weighted by Crippen LogP contribution is -2.45. The predicted molar refractivity (Wildman–Crippen MR) is 64.5 cm³/mol. The van der Waals surface area contributed by atoms with Crippen LogP contribution in [-0.2, 0) is 0 Å². The lowest BCUT2D eigenvalue weighted by molar-refractivity contribution is 0.198. The Bertz CT molecular complexity index is 249. The zero-order valence-corrected chi connectivity index (χ0v) is 10.4. The molecule has 0 aromatic heterocycles. The molecule has 4 nitrogen and oxygen atoms in total. The van der Waals surface area contributed by atoms with E-state index in [1.54, 1.807) is 0 Å². The second-order valence-electron chi connectivity index (χ2n) is 4.83. The second kappa shape index (κ2) is 5.04. The first-order valence-corrected chi connectivity index (χ1v) is 6.54. The van der Waals surface area contributed by atoms with Gasteiger partial charge in [-0.05, 0) is 33.1 Å². The minimum atomic E-state index is 0.104. The molecule has 1 aliphatic carbocycles. The van der Waals surface area contributed by atoms with E-state index < -0.39 is 0 Å². The average molecular weight is 225 g/mol. The van der Waals surface area contributed by atoms with Crippen LogP contribution < -0.4 is 5.32 Å². The summed E-state index contributed by atoms with van der Waals surface area (Å²) in [7, 11) is 0. The molecule has 92 valence electrons. The van der Waals surface area contributed by atoms with Crippen LogP contribution in [0.2, 0.25) is 0 Å². The first-order chi connectivity index (χ1) is 7.74. The summed E-state index contributed by atoms with van der Waals surface area (Å²) in [5.74, 6) is 0. The molecule has 1 unspecified atom stereocenters. The van der Waals surface area contributed by atoms with Gasteiger partial charge in [0.2, 0.25) is 0 Å². The van der Waals surface area contributed by atoms with Crippen LogP contribution in [0.5, 0.6) is 0 Å². The van der Waals surface area contributed by atoms with E-state index in [0.29, 0.717) is 6.04 Å². The molecule has 1 atom stereocenters. The molecular weight excluding hydrogens is 202 g/mol. The Morgan fingerprint density at radius 3 is 2.56 bits per heavy atom. The number of carbonyl (C=O) groups is 1. The van der Waals surface area contributed by atoms with Gasteiger partial charge in [0.05, 0.1) is 0 Å². The summed E-state index contributed by atoms with van der Waals surface area (Å²) >= 11 is 0. The fraction of sp³-hybridized carbons (Fsp3) is 0.917. The van der Waals surface area contributed by atoms with Gasteiger partial charge in [-0.2, -0.15) is 0 Å². The molecule has 1 saturated heterocycles. The number of hydrogen-bond acceptors (Lipinski definition) is 2. The SMILES string of the molecule is CCN(CC)C(=O)NC1CCN(C2CC2)C1. The molecule has 1 heterocycles. The highest BCUT2D eigenvalue weighted by atomic mass is 16.2. The molecule has 1 aliphatic heterocycles. The van der Waals surface area contributed by atoms with Crippen molar-refractivity contribution in [2.45, 2.75) is 45.2 Å². The van der Waals surface area contributed by atoms with Crippen molar-refractivity contribution in [3.63, 3.8) is 0 Å². The lowest BCUT2D eigenvalue weighted by Gasteiger charge is -2.22. The minimum absolute atomic E-state index is 0.104. The first-order valence-electron chi connectivity index (χ1n) is 6.54. The molecule has 1 saturated carbocycles. The van der Waals surface area contributed by atoms with Crippen molar-refractivity contribution in [2.24, 2.45) is 0 Å². The summed E-state index contributed by atoms with van der Waals surface area (Å²) in [4.78, 5) is 16.2. The Hall–Kier alpha value is -0.770. The van der Waals surface area contributed by atoms with E-state index in [-0.39, 0.29) is 6.03 Å². The molecule has 0 bridgehead atoms. The molecule has 0 radical (unpaired) electrons. The molecule has 1 N–H and O–H groups in total. The number of carbonyl (C=O) groups excluding carboxylic acids is 1. The van der Waals surface area contributed by atoms with E-state index in [1.807, 2.05) is 18.7 Å². The Kier molecular flexibility index (Phi) is 3.69. The van der Waals surface area contributed by atoms with Crippen LogP contribution in [0.4, 0.5) is 4.79 Å². The van der Waals surface area contributed by atoms with Crippen LogP contribution in [0.1, 0.15) is 33.1 Å². The standard InChI is InChI=1S/C12H23N3O/c1-3-14(4-2)12(16)13-10-7-8-15(9-10)11-5-6-11/h10-11H,3-9H2,1-2H3,(H,13,16). The quantitative estimate of drug-likeness (QED) is 0.782. The summed E-state index contributed by atoms with van der Waals surface area (Å²) in [6, 6.07) is 1.30. The van der Waals surface area contributed by atoms with E-state index in [4.69, 9.17) is 0 Å². The molecule has 2 aliphatic rings. The number of urea groups is 1. The number of hydrogen-bond donors (Lipinski definition) is 1. The van der Waals surface area contributed by atoms with Gasteiger partial charge in [0.25, 0.3) is 0 Å². The Morgan fingerprint density at radius 2 is 2.00 bits per heavy atom. The van der Waals surface area contributed by atoms with Crippen molar-refractivity contribution in [1.29, 1.82) is 0 Å². The Labute approximate surface area is 98.0 Å². The zero-order valence-electron chi connectivity index (χ0n) is 10.4. The third-order valence-corrected chi connectivity index (χ3v) is 3.66. The van der Waals surface area contributed by atoms with Crippen LogP contribution in [0.3, 0.4) is 0 Å². The molecule has 0 aromatic carbocycles. The van der Waals surface area contributed by atoms with E-state index in [0.717, 1.165) is 38.6 Å². The van der Waals surface area contributed by atoms with Crippen molar-refractivity contribution in [1.82, 2.24) is 15.1 Å². The topological polar surface area (TPSA) is 35.6 Å². The molecule has 0 spiro atoms. The second-order valence-corrected chi connectivity index (χ2v) is 4.83. The minimum Gasteiger partial charge on any atom is -0.334 e.